The van der Waals surface area contributed by atoms with E-state index < -0.39 is 25.8 Å². The topological polar surface area (TPSA) is 83.1 Å². The van der Waals surface area contributed by atoms with Gasteiger partial charge in [0, 0.05) is 0 Å². The number of rotatable bonds is 18. The monoisotopic (exact) mass is 1110 g/mol. The third-order valence-electron chi connectivity index (χ3n) is 8.50. The second-order valence-electron chi connectivity index (χ2n) is 13.5. The minimum atomic E-state index is -2.00. The van der Waals surface area contributed by atoms with Crippen molar-refractivity contribution in [3.8, 4) is 51.7 Å². The van der Waals surface area contributed by atoms with Gasteiger partial charge in [-0.3, -0.25) is 40.7 Å². The molecule has 0 spiro atoms. The summed E-state index contributed by atoms with van der Waals surface area (Å²) in [6.07, 6.45) is 0. The van der Waals surface area contributed by atoms with Crippen molar-refractivity contribution in [3.63, 3.8) is 0 Å². The summed E-state index contributed by atoms with van der Waals surface area (Å²) in [6.45, 7) is 0. The molecule has 9 nitrogen and oxygen atoms in total. The first-order chi connectivity index (χ1) is 34.1. The molecule has 0 unspecified atom stereocenters. The van der Waals surface area contributed by atoms with E-state index in [1.807, 2.05) is 273 Å². The quantitative estimate of drug-likeness (QED) is 0.0616. The Morgan fingerprint density at radius 1 is 0.188 bits per heavy atom. The number of hydrogen-bond donors (Lipinski definition) is 0. The summed E-state index contributed by atoms with van der Waals surface area (Å²) in [5.74, 6) is 6.53. The first-order valence-electron chi connectivity index (χ1n) is 21.1. The van der Waals surface area contributed by atoms with E-state index in [-0.39, 0.29) is 15.1 Å². The van der Waals surface area contributed by atoms with Gasteiger partial charge in [-0.15, -0.1) is 0 Å². The summed E-state index contributed by atoms with van der Waals surface area (Å²) in [5, 5.41) is 0. The number of halogens is 2. The Hall–Kier alpha value is -6.33. The summed E-state index contributed by atoms with van der Waals surface area (Å²) in [6, 6.07) is 85.8. The molecule has 0 N–H and O–H groups in total. The Morgan fingerprint density at radius 2 is 0.275 bits per heavy atom. The zero-order chi connectivity index (χ0) is 47.8. The maximum absolute atomic E-state index is 5.88. The molecule has 69 heavy (non-hydrogen) atoms. The number of hydrogen-bond acceptors (Lipinski definition) is 9. The molecular weight excluding hydrogens is 1060 g/mol. The van der Waals surface area contributed by atoms with Crippen LogP contribution >= 0.6 is 45.2 Å². The van der Waals surface area contributed by atoms with E-state index in [9.17, 15) is 0 Å². The van der Waals surface area contributed by atoms with Gasteiger partial charge in [-0.1, -0.05) is 164 Å². The van der Waals surface area contributed by atoms with Crippen LogP contribution in [0.2, 0.25) is 0 Å². The Balaban J connectivity index is 0.000000165. The van der Waals surface area contributed by atoms with Crippen molar-refractivity contribution in [3.05, 3.63) is 273 Å². The van der Waals surface area contributed by atoms with Crippen LogP contribution in [-0.2, 0) is 15.1 Å². The summed E-state index contributed by atoms with van der Waals surface area (Å²) in [7, 11) is 3.70. The van der Waals surface area contributed by atoms with Crippen LogP contribution in [0, 0.1) is 0 Å². The molecule has 9 aromatic carbocycles. The van der Waals surface area contributed by atoms with Gasteiger partial charge >= 0.3 is 60.3 Å². The van der Waals surface area contributed by atoms with Crippen LogP contribution in [0.5, 0.6) is 51.7 Å². The van der Waals surface area contributed by atoms with Crippen LogP contribution in [0.1, 0.15) is 0 Å². The molecule has 0 aliphatic heterocycles. The zero-order valence-corrected chi connectivity index (χ0v) is 43.0. The molecule has 0 atom stereocenters. The molecule has 0 aliphatic carbocycles. The molecule has 0 bridgehead atoms. The van der Waals surface area contributed by atoms with Crippen LogP contribution < -0.4 is 40.7 Å². The predicted molar refractivity (Wildman–Crippen MR) is 280 cm³/mol. The van der Waals surface area contributed by atoms with Crippen molar-refractivity contribution in [2.24, 2.45) is 0 Å². The van der Waals surface area contributed by atoms with Crippen molar-refractivity contribution in [2.75, 3.05) is 0 Å². The van der Waals surface area contributed by atoms with E-state index >= 15 is 0 Å². The Morgan fingerprint density at radius 3 is 0.362 bits per heavy atom. The van der Waals surface area contributed by atoms with Gasteiger partial charge in [-0.05, 0) is 109 Å². The number of benzene rings is 9. The fraction of sp³-hybridized carbons (Fsp3) is 0. The summed E-state index contributed by atoms with van der Waals surface area (Å²) in [5.41, 5.74) is 0. The molecule has 0 amide bonds. The average Bonchev–Trinajstić information content (AvgIpc) is 3.40. The van der Waals surface area contributed by atoms with Gasteiger partial charge in [0.15, 0.2) is 51.7 Å². The SMILES string of the molecule is [Cl][Ru][Cl].c1ccc(O[PH+](Oc2ccccc2)Oc2ccccc2)cc1.c1ccc(O[PH+](Oc2ccccc2)Oc2ccccc2)cc1.c1ccc(O[PH+](Oc2ccccc2)Oc2ccccc2)cc1. The van der Waals surface area contributed by atoms with Gasteiger partial charge in [0.1, 0.15) is 0 Å². The molecule has 0 fully saturated rings. The minimum Gasteiger partial charge on any atom is -0.273 e. The largest absolute Gasteiger partial charge is 0.528 e. The maximum Gasteiger partial charge on any atom is 0.528 e. The predicted octanol–water partition coefficient (Wildman–Crippen LogP) is 16.9. The molecule has 0 radical (unpaired) electrons. The van der Waals surface area contributed by atoms with Gasteiger partial charge in [0.05, 0.1) is 0 Å². The van der Waals surface area contributed by atoms with Crippen molar-refractivity contribution in [2.45, 2.75) is 0 Å². The summed E-state index contributed by atoms with van der Waals surface area (Å²) < 4.78 is 52.9. The van der Waals surface area contributed by atoms with E-state index in [0.717, 1.165) is 51.7 Å². The minimum absolute atomic E-state index is 0.346. The first-order valence-corrected chi connectivity index (χ1v) is 29.3. The molecule has 0 heterocycles. The standard InChI is InChI=1S/3C18H16O3P.2ClH.Ru/c3*1-4-10-16(11-5-1)19-22(20-17-12-6-2-7-13-17)21-18-14-8-3-9-15-18;;;/h3*1-15,22H;2*1H;/q3*+1;;;+2/p-2. The van der Waals surface area contributed by atoms with Crippen LogP contribution in [0.15, 0.2) is 273 Å². The molecule has 9 aromatic rings. The van der Waals surface area contributed by atoms with Gasteiger partial charge in [0.25, 0.3) is 0 Å². The second-order valence-corrected chi connectivity index (χ2v) is 19.5. The molecule has 0 aliphatic rings. The van der Waals surface area contributed by atoms with E-state index in [4.69, 9.17) is 60.1 Å². The molecule has 0 saturated heterocycles. The van der Waals surface area contributed by atoms with E-state index in [0.29, 0.717) is 0 Å². The fourth-order valence-corrected chi connectivity index (χ4v) is 8.78. The van der Waals surface area contributed by atoms with Crippen molar-refractivity contribution < 1.29 is 55.9 Å². The second kappa shape index (κ2) is 31.7. The molecular formula is C54H48Cl2O9P3Ru+3. The average molecular weight is 1110 g/mol. The van der Waals surface area contributed by atoms with Gasteiger partial charge < -0.3 is 0 Å². The molecule has 0 aromatic heterocycles. The van der Waals surface area contributed by atoms with E-state index in [2.05, 4.69) is 0 Å². The van der Waals surface area contributed by atoms with Crippen molar-refractivity contribution >= 4 is 45.2 Å². The number of para-hydroxylation sites is 9. The normalized spacial score (nSPS) is 10.1. The van der Waals surface area contributed by atoms with Gasteiger partial charge in [0.2, 0.25) is 0 Å². The van der Waals surface area contributed by atoms with Crippen LogP contribution in [0.4, 0.5) is 0 Å². The van der Waals surface area contributed by atoms with Gasteiger partial charge in [-0.2, -0.15) is 0 Å². The van der Waals surface area contributed by atoms with Crippen LogP contribution in [0.25, 0.3) is 0 Å². The Kier molecular flexibility index (Phi) is 23.9. The first kappa shape index (κ1) is 52.1. The fourth-order valence-electron chi connectivity index (χ4n) is 5.45. The Bertz CT molecular complexity index is 2060. The maximum atomic E-state index is 5.88. The van der Waals surface area contributed by atoms with Gasteiger partial charge in [-0.25, -0.2) is 0 Å². The zero-order valence-electron chi connectivity index (χ0n) is 36.8. The van der Waals surface area contributed by atoms with E-state index in [1.54, 1.807) is 0 Å². The molecule has 15 heteroatoms. The van der Waals surface area contributed by atoms with E-state index in [1.165, 1.54) is 0 Å². The third kappa shape index (κ3) is 21.2. The Labute approximate surface area is 423 Å². The molecule has 352 valence electrons. The third-order valence-corrected chi connectivity index (χ3v) is 12.1. The van der Waals surface area contributed by atoms with Crippen molar-refractivity contribution in [1.82, 2.24) is 0 Å². The van der Waals surface area contributed by atoms with Crippen LogP contribution in [0.3, 0.4) is 0 Å². The molecule has 9 rings (SSSR count). The summed E-state index contributed by atoms with van der Waals surface area (Å²) >= 11 is -0.346. The van der Waals surface area contributed by atoms with Crippen molar-refractivity contribution in [1.29, 1.82) is 0 Å². The smallest absolute Gasteiger partial charge is 0.273 e. The van der Waals surface area contributed by atoms with Crippen LogP contribution in [-0.4, -0.2) is 0 Å². The summed E-state index contributed by atoms with van der Waals surface area (Å²) in [4.78, 5) is 0. The molecule has 0 saturated carbocycles.